The molecule has 2 aromatic rings. The molecule has 4 heteroatoms. The van der Waals surface area contributed by atoms with Crippen LogP contribution in [-0.2, 0) is 0 Å². The monoisotopic (exact) mass is 289 g/mol. The number of rotatable bonds is 3. The number of nitrogens with zero attached hydrogens (tertiary/aromatic N) is 1. The Morgan fingerprint density at radius 3 is 2.60 bits per heavy atom. The first kappa shape index (κ1) is 14.5. The number of ketones is 1. The van der Waals surface area contributed by atoms with Gasteiger partial charge in [0.15, 0.2) is 5.78 Å². The number of benzene rings is 1. The van der Waals surface area contributed by atoms with Crippen molar-refractivity contribution in [3.63, 3.8) is 0 Å². The second-order valence-corrected chi connectivity index (χ2v) is 5.77. The van der Waals surface area contributed by atoms with Crippen LogP contribution in [0.25, 0.3) is 0 Å². The summed E-state index contributed by atoms with van der Waals surface area (Å²) in [5.41, 5.74) is 0.608. The molecule has 2 rings (SSSR count). The molecule has 0 atom stereocenters. The lowest BCUT2D eigenvalue weighted by atomic mass is 10.0. The maximum atomic E-state index is 12.4. The van der Waals surface area contributed by atoms with E-state index in [1.54, 1.807) is 36.5 Å². The van der Waals surface area contributed by atoms with Gasteiger partial charge in [0, 0.05) is 11.8 Å². The third-order valence-electron chi connectivity index (χ3n) is 2.52. The summed E-state index contributed by atoms with van der Waals surface area (Å²) in [6.07, 6.45) is 1.55. The molecule has 0 saturated heterocycles. The second kappa shape index (κ2) is 5.63. The van der Waals surface area contributed by atoms with Gasteiger partial charge in [-0.3, -0.25) is 4.79 Å². The molecule has 0 unspecified atom stereocenters. The quantitative estimate of drug-likeness (QED) is 0.629. The lowest BCUT2D eigenvalue weighted by Crippen LogP contribution is -2.23. The summed E-state index contributed by atoms with van der Waals surface area (Å²) in [7, 11) is 0. The molecule has 1 heterocycles. The molecule has 0 fully saturated rings. The number of ether oxygens (including phenoxy) is 1. The van der Waals surface area contributed by atoms with E-state index < -0.39 is 0 Å². The fraction of sp³-hybridized carbons (Fsp3) is 0.250. The predicted octanol–water partition coefficient (Wildman–Crippen LogP) is 4.14. The van der Waals surface area contributed by atoms with Gasteiger partial charge in [-0.2, -0.15) is 0 Å². The van der Waals surface area contributed by atoms with E-state index in [9.17, 15) is 4.79 Å². The van der Waals surface area contributed by atoms with Gasteiger partial charge in [-0.15, -0.1) is 0 Å². The molecule has 1 aromatic heterocycles. The number of hydrogen-bond donors (Lipinski definition) is 0. The number of aromatic nitrogens is 1. The Morgan fingerprint density at radius 2 is 1.95 bits per heavy atom. The largest absolute Gasteiger partial charge is 0.488 e. The minimum atomic E-state index is -0.312. The fourth-order valence-corrected chi connectivity index (χ4v) is 1.97. The van der Waals surface area contributed by atoms with E-state index in [0.29, 0.717) is 16.9 Å². The average Bonchev–Trinajstić information content (AvgIpc) is 2.37. The van der Waals surface area contributed by atoms with Crippen LogP contribution >= 0.6 is 11.6 Å². The maximum absolute atomic E-state index is 12.4. The Kier molecular flexibility index (Phi) is 4.09. The highest BCUT2D eigenvalue weighted by Crippen LogP contribution is 2.22. The van der Waals surface area contributed by atoms with Gasteiger partial charge >= 0.3 is 0 Å². The zero-order valence-corrected chi connectivity index (χ0v) is 12.4. The van der Waals surface area contributed by atoms with E-state index in [1.807, 2.05) is 26.8 Å². The molecule has 0 bridgehead atoms. The summed E-state index contributed by atoms with van der Waals surface area (Å²) in [5.74, 6) is 0.492. The lowest BCUT2D eigenvalue weighted by molar-refractivity contribution is 0.103. The van der Waals surface area contributed by atoms with E-state index >= 15 is 0 Å². The molecule has 0 amide bonds. The van der Waals surface area contributed by atoms with E-state index in [1.165, 1.54) is 0 Å². The van der Waals surface area contributed by atoms with Gasteiger partial charge in [-0.05, 0) is 45.0 Å². The number of carbonyl (C=O) groups excluding carboxylic acids is 1. The summed E-state index contributed by atoms with van der Waals surface area (Å²) in [6, 6.07) is 10.4. The first-order chi connectivity index (χ1) is 9.37. The van der Waals surface area contributed by atoms with Crippen LogP contribution in [0.1, 0.15) is 36.7 Å². The third-order valence-corrected chi connectivity index (χ3v) is 2.83. The van der Waals surface area contributed by atoms with Crippen molar-refractivity contribution in [3.8, 4) is 5.75 Å². The maximum Gasteiger partial charge on any atom is 0.196 e. The Bertz CT molecular complexity index is 632. The van der Waals surface area contributed by atoms with Crippen molar-refractivity contribution in [2.75, 3.05) is 0 Å². The van der Waals surface area contributed by atoms with Crippen molar-refractivity contribution in [2.45, 2.75) is 26.4 Å². The van der Waals surface area contributed by atoms with Crippen molar-refractivity contribution in [2.24, 2.45) is 0 Å². The highest BCUT2D eigenvalue weighted by atomic mass is 35.5. The Hall–Kier alpha value is -1.87. The van der Waals surface area contributed by atoms with Crippen molar-refractivity contribution in [1.29, 1.82) is 0 Å². The van der Waals surface area contributed by atoms with Crippen molar-refractivity contribution < 1.29 is 9.53 Å². The van der Waals surface area contributed by atoms with Gasteiger partial charge < -0.3 is 4.74 Å². The number of halogens is 1. The summed E-state index contributed by atoms with van der Waals surface area (Å²) < 4.78 is 5.76. The minimum absolute atomic E-state index is 0.164. The molecule has 0 radical (unpaired) electrons. The van der Waals surface area contributed by atoms with Crippen LogP contribution < -0.4 is 4.74 Å². The van der Waals surface area contributed by atoms with E-state index in [-0.39, 0.29) is 16.5 Å². The summed E-state index contributed by atoms with van der Waals surface area (Å²) in [5, 5.41) is 0.208. The first-order valence-corrected chi connectivity index (χ1v) is 6.69. The summed E-state index contributed by atoms with van der Waals surface area (Å²) in [6.45, 7) is 5.87. The molecule has 0 aliphatic heterocycles. The number of pyridine rings is 1. The van der Waals surface area contributed by atoms with E-state index in [4.69, 9.17) is 16.3 Å². The van der Waals surface area contributed by atoms with Crippen LogP contribution in [0.2, 0.25) is 5.15 Å². The van der Waals surface area contributed by atoms with Crippen LogP contribution in [0, 0.1) is 0 Å². The van der Waals surface area contributed by atoms with E-state index in [0.717, 1.165) is 0 Å². The SMILES string of the molecule is CC(C)(C)Oc1cccc(C(=O)c2cccnc2Cl)c1. The molecule has 1 aromatic carbocycles. The molecule has 0 saturated carbocycles. The summed E-state index contributed by atoms with van der Waals surface area (Å²) in [4.78, 5) is 16.3. The highest BCUT2D eigenvalue weighted by Gasteiger charge is 2.16. The van der Waals surface area contributed by atoms with Gasteiger partial charge in [0.1, 0.15) is 16.5 Å². The topological polar surface area (TPSA) is 39.2 Å². The fourth-order valence-electron chi connectivity index (χ4n) is 1.77. The van der Waals surface area contributed by atoms with Crippen molar-refractivity contribution in [1.82, 2.24) is 4.98 Å². The van der Waals surface area contributed by atoms with Crippen LogP contribution in [0.3, 0.4) is 0 Å². The van der Waals surface area contributed by atoms with Gasteiger partial charge in [0.2, 0.25) is 0 Å². The van der Waals surface area contributed by atoms with Crippen molar-refractivity contribution >= 4 is 17.4 Å². The molecule has 0 spiro atoms. The smallest absolute Gasteiger partial charge is 0.196 e. The Balaban J connectivity index is 2.32. The number of carbonyl (C=O) groups is 1. The molecule has 3 nitrogen and oxygen atoms in total. The van der Waals surface area contributed by atoms with Crippen LogP contribution in [0.5, 0.6) is 5.75 Å². The molecule has 20 heavy (non-hydrogen) atoms. The minimum Gasteiger partial charge on any atom is -0.488 e. The Labute approximate surface area is 123 Å². The standard InChI is InChI=1S/C16H16ClNO2/c1-16(2,3)20-12-7-4-6-11(10-12)14(19)13-8-5-9-18-15(13)17/h4-10H,1-3H3. The Morgan fingerprint density at radius 1 is 1.20 bits per heavy atom. The van der Waals surface area contributed by atoms with Gasteiger partial charge in [0.05, 0.1) is 5.56 Å². The van der Waals surface area contributed by atoms with Gasteiger partial charge in [-0.25, -0.2) is 4.98 Å². The third kappa shape index (κ3) is 3.58. The molecule has 0 aliphatic carbocycles. The molecule has 104 valence electrons. The van der Waals surface area contributed by atoms with E-state index in [2.05, 4.69) is 4.98 Å². The van der Waals surface area contributed by atoms with Crippen LogP contribution in [0.4, 0.5) is 0 Å². The molecular weight excluding hydrogens is 274 g/mol. The van der Waals surface area contributed by atoms with Crippen molar-refractivity contribution in [3.05, 3.63) is 58.9 Å². The molecule has 0 aliphatic rings. The lowest BCUT2D eigenvalue weighted by Gasteiger charge is -2.21. The predicted molar refractivity (Wildman–Crippen MR) is 79.5 cm³/mol. The average molecular weight is 290 g/mol. The highest BCUT2D eigenvalue weighted by molar-refractivity contribution is 6.33. The van der Waals surface area contributed by atoms with Gasteiger partial charge in [-0.1, -0.05) is 23.7 Å². The second-order valence-electron chi connectivity index (χ2n) is 5.41. The van der Waals surface area contributed by atoms with Crippen LogP contribution in [0.15, 0.2) is 42.6 Å². The number of hydrogen-bond acceptors (Lipinski definition) is 3. The first-order valence-electron chi connectivity index (χ1n) is 6.31. The molecule has 0 N–H and O–H groups in total. The van der Waals surface area contributed by atoms with Gasteiger partial charge in [0.25, 0.3) is 0 Å². The summed E-state index contributed by atoms with van der Waals surface area (Å²) >= 11 is 5.95. The normalized spacial score (nSPS) is 11.2. The van der Waals surface area contributed by atoms with Crippen LogP contribution in [-0.4, -0.2) is 16.4 Å². The zero-order chi connectivity index (χ0) is 14.8. The zero-order valence-electron chi connectivity index (χ0n) is 11.7. The molecular formula is C16H16ClNO2.